The molecule has 2 N–H and O–H groups in total. The highest BCUT2D eigenvalue weighted by molar-refractivity contribution is 5.71. The highest BCUT2D eigenvalue weighted by atomic mass is 16.5. The van der Waals surface area contributed by atoms with Crippen molar-refractivity contribution in [3.8, 4) is 0 Å². The van der Waals surface area contributed by atoms with Gasteiger partial charge in [-0.3, -0.25) is 14.7 Å². The van der Waals surface area contributed by atoms with Crippen LogP contribution >= 0.6 is 0 Å². The quantitative estimate of drug-likeness (QED) is 0.820. The van der Waals surface area contributed by atoms with Crippen molar-refractivity contribution in [3.63, 3.8) is 0 Å². The van der Waals surface area contributed by atoms with E-state index in [-0.39, 0.29) is 23.9 Å². The molecule has 0 spiro atoms. The van der Waals surface area contributed by atoms with Gasteiger partial charge >= 0.3 is 5.97 Å². The van der Waals surface area contributed by atoms with Gasteiger partial charge in [0, 0.05) is 17.2 Å². The Morgan fingerprint density at radius 3 is 2.50 bits per heavy atom. The van der Waals surface area contributed by atoms with Crippen LogP contribution in [0.2, 0.25) is 0 Å². The van der Waals surface area contributed by atoms with Gasteiger partial charge in [-0.25, -0.2) is 0 Å². The molecule has 2 rings (SSSR count). The van der Waals surface area contributed by atoms with E-state index in [2.05, 4.69) is 10.2 Å². The van der Waals surface area contributed by atoms with Gasteiger partial charge in [-0.2, -0.15) is 0 Å². The summed E-state index contributed by atoms with van der Waals surface area (Å²) in [6.45, 7) is 3.92. The fraction of sp³-hybridized carbons (Fsp3) is 0.333. The standard InChI is InChI=1S/C15H18N2O3/c1-3-20-13(18)9-12(11-7-5-4-6-8-11)14-10(2)16-17-15(14)19/h4-8,12H,3,9H2,1-2H3,(H2,16,17,19)/t12-/m1/s1. The van der Waals surface area contributed by atoms with Crippen molar-refractivity contribution >= 4 is 5.97 Å². The van der Waals surface area contributed by atoms with Gasteiger partial charge in [-0.05, 0) is 19.4 Å². The number of ether oxygens (including phenoxy) is 1. The van der Waals surface area contributed by atoms with E-state index < -0.39 is 0 Å². The summed E-state index contributed by atoms with van der Waals surface area (Å²) >= 11 is 0. The Morgan fingerprint density at radius 2 is 1.95 bits per heavy atom. The van der Waals surface area contributed by atoms with Gasteiger partial charge in [0.15, 0.2) is 0 Å². The lowest BCUT2D eigenvalue weighted by Crippen LogP contribution is -2.17. The molecular formula is C15H18N2O3. The van der Waals surface area contributed by atoms with E-state index in [1.54, 1.807) is 6.92 Å². The SMILES string of the molecule is CCOC(=O)C[C@H](c1ccccc1)c1c(C)[nH][nH]c1=O. The van der Waals surface area contributed by atoms with Gasteiger partial charge in [-0.1, -0.05) is 30.3 Å². The average Bonchev–Trinajstić information content (AvgIpc) is 2.77. The molecule has 5 heteroatoms. The van der Waals surface area contributed by atoms with Gasteiger partial charge in [0.05, 0.1) is 13.0 Å². The summed E-state index contributed by atoms with van der Waals surface area (Å²) in [6.07, 6.45) is 0.152. The summed E-state index contributed by atoms with van der Waals surface area (Å²) in [5, 5.41) is 5.36. The second kappa shape index (κ2) is 6.23. The third kappa shape index (κ3) is 2.99. The predicted octanol–water partition coefficient (Wildman–Crippen LogP) is 2.10. The number of carbonyl (C=O) groups excluding carboxylic acids is 1. The van der Waals surface area contributed by atoms with Crippen LogP contribution in [0.5, 0.6) is 0 Å². The lowest BCUT2D eigenvalue weighted by molar-refractivity contribution is -0.143. The van der Waals surface area contributed by atoms with Crippen molar-refractivity contribution in [1.82, 2.24) is 10.2 Å². The van der Waals surface area contributed by atoms with Crippen molar-refractivity contribution in [2.24, 2.45) is 0 Å². The predicted molar refractivity (Wildman–Crippen MR) is 75.7 cm³/mol. The minimum atomic E-state index is -0.304. The Hall–Kier alpha value is -2.30. The van der Waals surface area contributed by atoms with Gasteiger partial charge in [0.2, 0.25) is 0 Å². The van der Waals surface area contributed by atoms with E-state index in [1.165, 1.54) is 0 Å². The third-order valence-corrected chi connectivity index (χ3v) is 3.24. The first-order valence-corrected chi connectivity index (χ1v) is 6.61. The number of aryl methyl sites for hydroxylation is 1. The number of aromatic amines is 2. The molecule has 0 radical (unpaired) electrons. The maximum Gasteiger partial charge on any atom is 0.306 e. The Morgan fingerprint density at radius 1 is 1.25 bits per heavy atom. The molecule has 0 fully saturated rings. The van der Waals surface area contributed by atoms with Crippen molar-refractivity contribution in [1.29, 1.82) is 0 Å². The number of esters is 1. The average molecular weight is 274 g/mol. The molecule has 0 aliphatic heterocycles. The fourth-order valence-electron chi connectivity index (χ4n) is 2.33. The van der Waals surface area contributed by atoms with E-state index in [0.717, 1.165) is 11.3 Å². The fourth-order valence-corrected chi connectivity index (χ4v) is 2.33. The normalized spacial score (nSPS) is 12.1. The number of hydrogen-bond acceptors (Lipinski definition) is 3. The van der Waals surface area contributed by atoms with E-state index in [1.807, 2.05) is 37.3 Å². The maximum atomic E-state index is 12.0. The molecule has 2 aromatic rings. The molecule has 1 aromatic heterocycles. The molecule has 106 valence electrons. The first-order chi connectivity index (χ1) is 9.63. The minimum Gasteiger partial charge on any atom is -0.466 e. The molecule has 1 aromatic carbocycles. The zero-order valence-corrected chi connectivity index (χ0v) is 11.6. The van der Waals surface area contributed by atoms with Crippen LogP contribution in [0.3, 0.4) is 0 Å². The molecule has 1 heterocycles. The Balaban J connectivity index is 2.40. The van der Waals surface area contributed by atoms with Crippen molar-refractivity contribution < 1.29 is 9.53 Å². The zero-order valence-electron chi connectivity index (χ0n) is 11.6. The number of hydrogen-bond donors (Lipinski definition) is 2. The summed E-state index contributed by atoms with van der Waals surface area (Å²) in [4.78, 5) is 23.8. The molecular weight excluding hydrogens is 256 g/mol. The van der Waals surface area contributed by atoms with Gasteiger partial charge in [0.1, 0.15) is 0 Å². The van der Waals surface area contributed by atoms with Gasteiger partial charge in [0.25, 0.3) is 5.56 Å². The molecule has 1 atom stereocenters. The molecule has 0 aliphatic rings. The van der Waals surface area contributed by atoms with Crippen molar-refractivity contribution in [2.45, 2.75) is 26.2 Å². The van der Waals surface area contributed by atoms with Gasteiger partial charge in [-0.15, -0.1) is 0 Å². The molecule has 0 amide bonds. The minimum absolute atomic E-state index is 0.152. The highest BCUT2D eigenvalue weighted by Crippen LogP contribution is 2.27. The van der Waals surface area contributed by atoms with Crippen LogP contribution in [0.15, 0.2) is 35.1 Å². The summed E-state index contributed by atoms with van der Waals surface area (Å²) in [7, 11) is 0. The Labute approximate surface area is 117 Å². The maximum absolute atomic E-state index is 12.0. The zero-order chi connectivity index (χ0) is 14.5. The topological polar surface area (TPSA) is 75.0 Å². The number of rotatable bonds is 5. The molecule has 0 unspecified atom stereocenters. The summed E-state index contributed by atoms with van der Waals surface area (Å²) in [5.41, 5.74) is 2.06. The van der Waals surface area contributed by atoms with E-state index >= 15 is 0 Å². The van der Waals surface area contributed by atoms with Gasteiger partial charge < -0.3 is 9.84 Å². The van der Waals surface area contributed by atoms with Crippen LogP contribution < -0.4 is 5.56 Å². The first-order valence-electron chi connectivity index (χ1n) is 6.61. The number of benzene rings is 1. The van der Waals surface area contributed by atoms with E-state index in [4.69, 9.17) is 4.74 Å². The molecule has 5 nitrogen and oxygen atoms in total. The van der Waals surface area contributed by atoms with Crippen molar-refractivity contribution in [3.05, 3.63) is 57.5 Å². The smallest absolute Gasteiger partial charge is 0.306 e. The molecule has 20 heavy (non-hydrogen) atoms. The number of aromatic nitrogens is 2. The van der Waals surface area contributed by atoms with Crippen LogP contribution in [0.1, 0.15) is 36.1 Å². The molecule has 0 saturated heterocycles. The highest BCUT2D eigenvalue weighted by Gasteiger charge is 2.24. The van der Waals surface area contributed by atoms with Crippen LogP contribution in [-0.2, 0) is 9.53 Å². The molecule has 0 saturated carbocycles. The number of H-pyrrole nitrogens is 2. The second-order valence-corrected chi connectivity index (χ2v) is 4.59. The lowest BCUT2D eigenvalue weighted by atomic mass is 9.89. The van der Waals surface area contributed by atoms with Crippen LogP contribution in [0, 0.1) is 6.92 Å². The van der Waals surface area contributed by atoms with Crippen molar-refractivity contribution in [2.75, 3.05) is 6.61 Å². The first kappa shape index (κ1) is 14.1. The monoisotopic (exact) mass is 274 g/mol. The third-order valence-electron chi connectivity index (χ3n) is 3.24. The number of nitrogens with one attached hydrogen (secondary N) is 2. The summed E-state index contributed by atoms with van der Waals surface area (Å²) < 4.78 is 5.01. The molecule has 0 bridgehead atoms. The Kier molecular flexibility index (Phi) is 4.40. The van der Waals surface area contributed by atoms with Crippen LogP contribution in [0.4, 0.5) is 0 Å². The number of carbonyl (C=O) groups is 1. The van der Waals surface area contributed by atoms with E-state index in [0.29, 0.717) is 12.2 Å². The molecule has 0 aliphatic carbocycles. The Bertz CT molecular complexity index is 628. The lowest BCUT2D eigenvalue weighted by Gasteiger charge is -2.15. The van der Waals surface area contributed by atoms with E-state index in [9.17, 15) is 9.59 Å². The summed E-state index contributed by atoms with van der Waals surface area (Å²) in [6, 6.07) is 9.51. The van der Waals surface area contributed by atoms with Crippen LogP contribution in [-0.4, -0.2) is 22.8 Å². The summed E-state index contributed by atoms with van der Waals surface area (Å²) in [5.74, 6) is -0.605. The van der Waals surface area contributed by atoms with Crippen LogP contribution in [0.25, 0.3) is 0 Å². The largest absolute Gasteiger partial charge is 0.466 e. The second-order valence-electron chi connectivity index (χ2n) is 4.59.